The Kier molecular flexibility index (Phi) is 4.51. The number of aromatic nitrogens is 2. The van der Waals surface area contributed by atoms with Gasteiger partial charge in [-0.05, 0) is 36.6 Å². The smallest absolute Gasteiger partial charge is 0.133 e. The van der Waals surface area contributed by atoms with Crippen LogP contribution in [0.5, 0.6) is 0 Å². The minimum Gasteiger partial charge on any atom is -0.311 e. The molecule has 0 atom stereocenters. The summed E-state index contributed by atoms with van der Waals surface area (Å²) in [4.78, 5) is 9.57. The molecule has 4 heteroatoms. The van der Waals surface area contributed by atoms with Crippen molar-refractivity contribution < 1.29 is 0 Å². The van der Waals surface area contributed by atoms with Crippen LogP contribution >= 0.6 is 11.6 Å². The molecular weight excluding hydrogens is 282 g/mol. The summed E-state index contributed by atoms with van der Waals surface area (Å²) in [6.45, 7) is 4.07. The Balaban J connectivity index is 1.95. The fourth-order valence-electron chi connectivity index (χ4n) is 2.83. The van der Waals surface area contributed by atoms with Gasteiger partial charge in [0.2, 0.25) is 0 Å². The highest BCUT2D eigenvalue weighted by Gasteiger charge is 2.17. The van der Waals surface area contributed by atoms with Gasteiger partial charge in [-0.2, -0.15) is 0 Å². The molecule has 2 aromatic rings. The SMILES string of the molecule is CCCc1nc(Cc2ccccc2Cl)nc2c1CCNC2. The first kappa shape index (κ1) is 14.5. The maximum absolute atomic E-state index is 6.25. The van der Waals surface area contributed by atoms with Crippen LogP contribution in [0.4, 0.5) is 0 Å². The van der Waals surface area contributed by atoms with Crippen LogP contribution in [-0.2, 0) is 25.8 Å². The molecule has 21 heavy (non-hydrogen) atoms. The van der Waals surface area contributed by atoms with E-state index >= 15 is 0 Å². The van der Waals surface area contributed by atoms with Crippen LogP contribution in [-0.4, -0.2) is 16.5 Å². The van der Waals surface area contributed by atoms with E-state index in [1.165, 1.54) is 17.0 Å². The van der Waals surface area contributed by atoms with E-state index in [0.717, 1.165) is 48.8 Å². The minimum atomic E-state index is 0.698. The van der Waals surface area contributed by atoms with Crippen LogP contribution in [0, 0.1) is 0 Å². The maximum Gasteiger partial charge on any atom is 0.133 e. The molecule has 0 saturated heterocycles. The number of benzene rings is 1. The second kappa shape index (κ2) is 6.54. The molecule has 3 nitrogen and oxygen atoms in total. The first-order valence-corrected chi connectivity index (χ1v) is 7.97. The van der Waals surface area contributed by atoms with E-state index in [4.69, 9.17) is 21.6 Å². The molecule has 0 saturated carbocycles. The van der Waals surface area contributed by atoms with Crippen LogP contribution in [0.2, 0.25) is 5.02 Å². The van der Waals surface area contributed by atoms with Crippen molar-refractivity contribution in [2.45, 2.75) is 39.2 Å². The predicted molar refractivity (Wildman–Crippen MR) is 85.7 cm³/mol. The van der Waals surface area contributed by atoms with Gasteiger partial charge in [0.25, 0.3) is 0 Å². The molecule has 1 aliphatic rings. The lowest BCUT2D eigenvalue weighted by Gasteiger charge is -2.20. The highest BCUT2D eigenvalue weighted by Crippen LogP contribution is 2.21. The van der Waals surface area contributed by atoms with Gasteiger partial charge in [0.1, 0.15) is 5.82 Å². The molecule has 1 aliphatic heterocycles. The van der Waals surface area contributed by atoms with Gasteiger partial charge in [-0.25, -0.2) is 9.97 Å². The van der Waals surface area contributed by atoms with Crippen molar-refractivity contribution >= 4 is 11.6 Å². The minimum absolute atomic E-state index is 0.698. The molecule has 0 unspecified atom stereocenters. The van der Waals surface area contributed by atoms with Gasteiger partial charge in [-0.3, -0.25) is 0 Å². The summed E-state index contributed by atoms with van der Waals surface area (Å²) in [7, 11) is 0. The Hall–Kier alpha value is -1.45. The molecule has 3 rings (SSSR count). The Morgan fingerprint density at radius 3 is 2.90 bits per heavy atom. The molecule has 0 bridgehead atoms. The van der Waals surface area contributed by atoms with Crippen LogP contribution in [0.15, 0.2) is 24.3 Å². The van der Waals surface area contributed by atoms with Gasteiger partial charge >= 0.3 is 0 Å². The summed E-state index contributed by atoms with van der Waals surface area (Å²) in [6.07, 6.45) is 3.88. The lowest BCUT2D eigenvalue weighted by molar-refractivity contribution is 0.607. The first-order valence-electron chi connectivity index (χ1n) is 7.59. The largest absolute Gasteiger partial charge is 0.311 e. The van der Waals surface area contributed by atoms with Gasteiger partial charge in [0, 0.05) is 23.7 Å². The normalized spacial score (nSPS) is 14.0. The Labute approximate surface area is 130 Å². The Morgan fingerprint density at radius 1 is 1.24 bits per heavy atom. The summed E-state index contributed by atoms with van der Waals surface area (Å²) in [5, 5.41) is 4.18. The zero-order chi connectivity index (χ0) is 14.7. The Morgan fingerprint density at radius 2 is 2.10 bits per heavy atom. The van der Waals surface area contributed by atoms with Crippen molar-refractivity contribution in [3.05, 3.63) is 57.6 Å². The summed E-state index contributed by atoms with van der Waals surface area (Å²) < 4.78 is 0. The standard InChI is InChI=1S/C17H20ClN3/c1-2-5-15-13-8-9-19-11-16(13)21-17(20-15)10-12-6-3-4-7-14(12)18/h3-4,6-7,19H,2,5,8-11H2,1H3. The highest BCUT2D eigenvalue weighted by molar-refractivity contribution is 6.31. The second-order valence-electron chi connectivity index (χ2n) is 5.46. The zero-order valence-electron chi connectivity index (χ0n) is 12.3. The number of nitrogens with one attached hydrogen (secondary N) is 1. The van der Waals surface area contributed by atoms with E-state index in [2.05, 4.69) is 12.2 Å². The molecule has 2 heterocycles. The van der Waals surface area contributed by atoms with Crippen LogP contribution < -0.4 is 5.32 Å². The number of hydrogen-bond acceptors (Lipinski definition) is 3. The van der Waals surface area contributed by atoms with Crippen molar-refractivity contribution in [1.29, 1.82) is 0 Å². The average molecular weight is 302 g/mol. The number of aryl methyl sites for hydroxylation is 1. The fourth-order valence-corrected chi connectivity index (χ4v) is 3.03. The first-order chi connectivity index (χ1) is 10.3. The third-order valence-electron chi connectivity index (χ3n) is 3.86. The number of hydrogen-bond donors (Lipinski definition) is 1. The average Bonchev–Trinajstić information content (AvgIpc) is 2.50. The van der Waals surface area contributed by atoms with E-state index in [-0.39, 0.29) is 0 Å². The van der Waals surface area contributed by atoms with E-state index in [1.54, 1.807) is 0 Å². The lowest BCUT2D eigenvalue weighted by atomic mass is 10.0. The van der Waals surface area contributed by atoms with Crippen molar-refractivity contribution in [3.63, 3.8) is 0 Å². The summed E-state index contributed by atoms with van der Waals surface area (Å²) in [6, 6.07) is 7.92. The molecule has 0 spiro atoms. The number of fused-ring (bicyclic) bond motifs is 1. The topological polar surface area (TPSA) is 37.8 Å². The van der Waals surface area contributed by atoms with Gasteiger partial charge in [-0.1, -0.05) is 43.1 Å². The molecule has 110 valence electrons. The highest BCUT2D eigenvalue weighted by atomic mass is 35.5. The van der Waals surface area contributed by atoms with Crippen molar-refractivity contribution in [2.24, 2.45) is 0 Å². The van der Waals surface area contributed by atoms with Gasteiger partial charge in [0.05, 0.1) is 5.69 Å². The second-order valence-corrected chi connectivity index (χ2v) is 5.86. The van der Waals surface area contributed by atoms with Crippen LogP contribution in [0.1, 0.15) is 41.7 Å². The fraction of sp³-hybridized carbons (Fsp3) is 0.412. The molecule has 0 aliphatic carbocycles. The molecule has 1 aromatic carbocycles. The summed E-state index contributed by atoms with van der Waals surface area (Å²) in [5.41, 5.74) is 4.84. The maximum atomic E-state index is 6.25. The lowest BCUT2D eigenvalue weighted by Crippen LogP contribution is -2.27. The molecular formula is C17H20ClN3. The molecule has 0 amide bonds. The van der Waals surface area contributed by atoms with E-state index < -0.39 is 0 Å². The number of nitrogens with zero attached hydrogens (tertiary/aromatic N) is 2. The van der Waals surface area contributed by atoms with Gasteiger partial charge in [-0.15, -0.1) is 0 Å². The van der Waals surface area contributed by atoms with Gasteiger partial charge in [0.15, 0.2) is 0 Å². The quantitative estimate of drug-likeness (QED) is 0.941. The van der Waals surface area contributed by atoms with Crippen molar-refractivity contribution in [2.75, 3.05) is 6.54 Å². The van der Waals surface area contributed by atoms with Crippen LogP contribution in [0.3, 0.4) is 0 Å². The zero-order valence-corrected chi connectivity index (χ0v) is 13.1. The van der Waals surface area contributed by atoms with Crippen molar-refractivity contribution in [3.8, 4) is 0 Å². The van der Waals surface area contributed by atoms with Crippen LogP contribution in [0.25, 0.3) is 0 Å². The monoisotopic (exact) mass is 301 g/mol. The molecule has 1 aromatic heterocycles. The van der Waals surface area contributed by atoms with Gasteiger partial charge < -0.3 is 5.32 Å². The molecule has 0 radical (unpaired) electrons. The third-order valence-corrected chi connectivity index (χ3v) is 4.23. The molecule has 1 N–H and O–H groups in total. The predicted octanol–water partition coefficient (Wildman–Crippen LogP) is 3.32. The summed E-state index contributed by atoms with van der Waals surface area (Å²) in [5.74, 6) is 0.883. The summed E-state index contributed by atoms with van der Waals surface area (Å²) >= 11 is 6.25. The number of rotatable bonds is 4. The molecule has 0 fully saturated rings. The van der Waals surface area contributed by atoms with E-state index in [1.807, 2.05) is 24.3 Å². The van der Waals surface area contributed by atoms with E-state index in [9.17, 15) is 0 Å². The third kappa shape index (κ3) is 3.25. The van der Waals surface area contributed by atoms with E-state index in [0.29, 0.717) is 6.42 Å². The Bertz CT molecular complexity index is 640. The van der Waals surface area contributed by atoms with Crippen molar-refractivity contribution in [1.82, 2.24) is 15.3 Å². The number of halogens is 1.